The van der Waals surface area contributed by atoms with E-state index in [1.54, 1.807) is 24.8 Å². The number of rotatable bonds is 4. The lowest BCUT2D eigenvalue weighted by Crippen LogP contribution is -1.76. The molecule has 106 valence electrons. The molecule has 2 aromatic heterocycles. The number of hydrogen-bond donors (Lipinski definition) is 0. The molecule has 0 spiro atoms. The predicted octanol–water partition coefficient (Wildman–Crippen LogP) is 4.82. The molecule has 2 heteroatoms. The third kappa shape index (κ3) is 4.00. The highest BCUT2D eigenvalue weighted by Crippen LogP contribution is 2.12. The minimum Gasteiger partial charge on any atom is -0.265 e. The molecule has 0 radical (unpaired) electrons. The van der Waals surface area contributed by atoms with E-state index >= 15 is 0 Å². The molecule has 2 nitrogen and oxygen atoms in total. The molecule has 0 saturated heterocycles. The Bertz CT molecular complexity index is 689. The highest BCUT2D eigenvalue weighted by molar-refractivity contribution is 5.72. The predicted molar refractivity (Wildman–Crippen MR) is 92.8 cm³/mol. The fraction of sp³-hybridized carbons (Fsp3) is 0. The van der Waals surface area contributed by atoms with Crippen LogP contribution in [0.15, 0.2) is 73.3 Å². The van der Waals surface area contributed by atoms with Crippen molar-refractivity contribution in [1.29, 1.82) is 0 Å². The number of hydrogen-bond acceptors (Lipinski definition) is 2. The van der Waals surface area contributed by atoms with Gasteiger partial charge < -0.3 is 0 Å². The van der Waals surface area contributed by atoms with Crippen molar-refractivity contribution in [3.05, 3.63) is 95.6 Å². The molecular weight excluding hydrogens is 268 g/mol. The molecule has 22 heavy (non-hydrogen) atoms. The van der Waals surface area contributed by atoms with E-state index in [1.165, 1.54) is 11.1 Å². The largest absolute Gasteiger partial charge is 0.265 e. The minimum atomic E-state index is 1.15. The van der Waals surface area contributed by atoms with Crippen LogP contribution in [0.4, 0.5) is 0 Å². The van der Waals surface area contributed by atoms with Gasteiger partial charge in [0.1, 0.15) is 0 Å². The van der Waals surface area contributed by atoms with Crippen molar-refractivity contribution < 1.29 is 0 Å². The minimum absolute atomic E-state index is 1.15. The van der Waals surface area contributed by atoms with Crippen molar-refractivity contribution in [3.8, 4) is 0 Å². The monoisotopic (exact) mass is 284 g/mol. The van der Waals surface area contributed by atoms with Gasteiger partial charge in [0.25, 0.3) is 0 Å². The van der Waals surface area contributed by atoms with Crippen LogP contribution in [0.25, 0.3) is 24.3 Å². The summed E-state index contributed by atoms with van der Waals surface area (Å²) in [6.07, 6.45) is 15.6. The van der Waals surface area contributed by atoms with Gasteiger partial charge in [-0.2, -0.15) is 0 Å². The van der Waals surface area contributed by atoms with Gasteiger partial charge in [-0.1, -0.05) is 48.6 Å². The fourth-order valence-corrected chi connectivity index (χ4v) is 2.05. The Morgan fingerprint density at radius 1 is 0.409 bits per heavy atom. The van der Waals surface area contributed by atoms with Crippen LogP contribution in [-0.2, 0) is 0 Å². The second kappa shape index (κ2) is 7.14. The van der Waals surface area contributed by atoms with Crippen molar-refractivity contribution in [2.75, 3.05) is 0 Å². The first-order valence-electron chi connectivity index (χ1n) is 7.16. The lowest BCUT2D eigenvalue weighted by Gasteiger charge is -1.97. The van der Waals surface area contributed by atoms with Crippen molar-refractivity contribution in [2.45, 2.75) is 0 Å². The van der Waals surface area contributed by atoms with Gasteiger partial charge in [-0.25, -0.2) is 0 Å². The zero-order chi connectivity index (χ0) is 15.0. The molecule has 0 aliphatic heterocycles. The van der Waals surface area contributed by atoms with Gasteiger partial charge in [-0.3, -0.25) is 9.97 Å². The van der Waals surface area contributed by atoms with Crippen LogP contribution in [0.2, 0.25) is 0 Å². The summed E-state index contributed by atoms with van der Waals surface area (Å²) >= 11 is 0. The third-order valence-corrected chi connectivity index (χ3v) is 3.29. The summed E-state index contributed by atoms with van der Waals surface area (Å²) in [5.41, 5.74) is 4.66. The number of nitrogens with zero attached hydrogens (tertiary/aromatic N) is 2. The van der Waals surface area contributed by atoms with Crippen molar-refractivity contribution in [1.82, 2.24) is 9.97 Å². The maximum atomic E-state index is 4.01. The first-order chi connectivity index (χ1) is 10.9. The van der Waals surface area contributed by atoms with E-state index in [4.69, 9.17) is 0 Å². The van der Waals surface area contributed by atoms with E-state index in [9.17, 15) is 0 Å². The van der Waals surface area contributed by atoms with Gasteiger partial charge in [0.2, 0.25) is 0 Å². The summed E-state index contributed by atoms with van der Waals surface area (Å²) in [6, 6.07) is 16.4. The van der Waals surface area contributed by atoms with Crippen LogP contribution >= 0.6 is 0 Å². The average molecular weight is 284 g/mol. The van der Waals surface area contributed by atoms with E-state index in [-0.39, 0.29) is 0 Å². The Labute approximate surface area is 130 Å². The van der Waals surface area contributed by atoms with E-state index in [0.717, 1.165) is 11.1 Å². The molecule has 3 aromatic rings. The molecule has 1 aromatic carbocycles. The summed E-state index contributed by atoms with van der Waals surface area (Å²) in [5.74, 6) is 0. The average Bonchev–Trinajstić information content (AvgIpc) is 2.61. The maximum Gasteiger partial charge on any atom is 0.0273 e. The van der Waals surface area contributed by atoms with Gasteiger partial charge >= 0.3 is 0 Å². The number of benzene rings is 1. The second-order valence-corrected chi connectivity index (χ2v) is 4.89. The normalized spacial score (nSPS) is 11.3. The Morgan fingerprint density at radius 2 is 0.682 bits per heavy atom. The zero-order valence-electron chi connectivity index (χ0n) is 12.1. The van der Waals surface area contributed by atoms with E-state index in [2.05, 4.69) is 58.5 Å². The number of aromatic nitrogens is 2. The quantitative estimate of drug-likeness (QED) is 0.686. The molecule has 2 heterocycles. The van der Waals surface area contributed by atoms with Crippen LogP contribution in [0, 0.1) is 0 Å². The van der Waals surface area contributed by atoms with Crippen LogP contribution in [-0.4, -0.2) is 9.97 Å². The molecular formula is C20H16N2. The zero-order valence-corrected chi connectivity index (χ0v) is 12.1. The lowest BCUT2D eigenvalue weighted by atomic mass is 10.1. The molecule has 0 aliphatic rings. The first-order valence-corrected chi connectivity index (χ1v) is 7.16. The molecule has 0 bridgehead atoms. The van der Waals surface area contributed by atoms with E-state index < -0.39 is 0 Å². The molecule has 0 N–H and O–H groups in total. The Kier molecular flexibility index (Phi) is 4.53. The van der Waals surface area contributed by atoms with E-state index in [1.807, 2.05) is 24.3 Å². The molecule has 0 atom stereocenters. The molecule has 0 unspecified atom stereocenters. The molecule has 0 aliphatic carbocycles. The molecule has 0 saturated carbocycles. The summed E-state index contributed by atoms with van der Waals surface area (Å²) in [4.78, 5) is 8.02. The van der Waals surface area contributed by atoms with E-state index in [0.29, 0.717) is 0 Å². The molecule has 0 fully saturated rings. The number of pyridine rings is 2. The smallest absolute Gasteiger partial charge is 0.0273 e. The van der Waals surface area contributed by atoms with Gasteiger partial charge in [0.15, 0.2) is 0 Å². The summed E-state index contributed by atoms with van der Waals surface area (Å²) in [6.45, 7) is 0. The first kappa shape index (κ1) is 14.0. The fourth-order valence-electron chi connectivity index (χ4n) is 2.05. The highest BCUT2D eigenvalue weighted by atomic mass is 14.6. The highest BCUT2D eigenvalue weighted by Gasteiger charge is 1.90. The van der Waals surface area contributed by atoms with Gasteiger partial charge in [0, 0.05) is 24.8 Å². The lowest BCUT2D eigenvalue weighted by molar-refractivity contribution is 1.32. The van der Waals surface area contributed by atoms with Crippen molar-refractivity contribution >= 4 is 24.3 Å². The summed E-state index contributed by atoms with van der Waals surface area (Å²) in [5, 5.41) is 0. The Morgan fingerprint density at radius 3 is 1.00 bits per heavy atom. The van der Waals surface area contributed by atoms with Crippen molar-refractivity contribution in [2.24, 2.45) is 0 Å². The van der Waals surface area contributed by atoms with Crippen LogP contribution in [0.1, 0.15) is 22.3 Å². The van der Waals surface area contributed by atoms with Crippen LogP contribution in [0.3, 0.4) is 0 Å². The van der Waals surface area contributed by atoms with Crippen LogP contribution < -0.4 is 0 Å². The van der Waals surface area contributed by atoms with Crippen molar-refractivity contribution in [3.63, 3.8) is 0 Å². The summed E-state index contributed by atoms with van der Waals surface area (Å²) in [7, 11) is 0. The van der Waals surface area contributed by atoms with Gasteiger partial charge in [-0.15, -0.1) is 0 Å². The van der Waals surface area contributed by atoms with Crippen LogP contribution in [0.5, 0.6) is 0 Å². The SMILES string of the molecule is C(=C\c1ccc(/C=C/c2ccncc2)cc1)/c1ccncc1. The molecule has 0 amide bonds. The molecule has 3 rings (SSSR count). The Hall–Kier alpha value is -3.00. The van der Waals surface area contributed by atoms with Gasteiger partial charge in [-0.05, 0) is 46.5 Å². The maximum absolute atomic E-state index is 4.01. The third-order valence-electron chi connectivity index (χ3n) is 3.29. The topological polar surface area (TPSA) is 25.8 Å². The second-order valence-electron chi connectivity index (χ2n) is 4.89. The van der Waals surface area contributed by atoms with Gasteiger partial charge in [0.05, 0.1) is 0 Å². The Balaban J connectivity index is 1.68. The standard InChI is InChI=1S/C20H16N2/c1-2-18(6-8-20-11-15-22-16-12-20)4-3-17(1)5-7-19-9-13-21-14-10-19/h1-16H/b7-5+,8-6+. The summed E-state index contributed by atoms with van der Waals surface area (Å²) < 4.78 is 0.